The van der Waals surface area contributed by atoms with E-state index >= 15 is 0 Å². The molecular weight excluding hydrogens is 214 g/mol. The van der Waals surface area contributed by atoms with E-state index in [4.69, 9.17) is 5.73 Å². The van der Waals surface area contributed by atoms with E-state index in [1.807, 2.05) is 11.3 Å². The maximum absolute atomic E-state index is 6.29. The van der Waals surface area contributed by atoms with Crippen molar-refractivity contribution in [1.82, 2.24) is 0 Å². The number of thiophene rings is 1. The summed E-state index contributed by atoms with van der Waals surface area (Å²) in [6.45, 7) is 0. The molecule has 2 aromatic rings. The van der Waals surface area contributed by atoms with E-state index in [-0.39, 0.29) is 6.04 Å². The van der Waals surface area contributed by atoms with Crippen molar-refractivity contribution in [3.05, 3.63) is 35.2 Å². The van der Waals surface area contributed by atoms with Gasteiger partial charge in [-0.05, 0) is 41.2 Å². The minimum absolute atomic E-state index is 0.233. The molecule has 0 amide bonds. The Morgan fingerprint density at radius 2 is 2.12 bits per heavy atom. The Balaban J connectivity index is 1.80. The number of fused-ring (bicyclic) bond motifs is 1. The Morgan fingerprint density at radius 3 is 2.94 bits per heavy atom. The maximum Gasteiger partial charge on any atom is 0.0346 e. The van der Waals surface area contributed by atoms with Crippen molar-refractivity contribution >= 4 is 21.4 Å². The Labute approximate surface area is 100 Å². The summed E-state index contributed by atoms with van der Waals surface area (Å²) >= 11 is 1.81. The number of hydrogen-bond acceptors (Lipinski definition) is 2. The van der Waals surface area contributed by atoms with Gasteiger partial charge in [-0.3, -0.25) is 0 Å². The molecule has 1 aromatic heterocycles. The lowest BCUT2D eigenvalue weighted by molar-refractivity contribution is 0.579. The van der Waals surface area contributed by atoms with Gasteiger partial charge in [-0.2, -0.15) is 0 Å². The van der Waals surface area contributed by atoms with Gasteiger partial charge in [0.15, 0.2) is 0 Å². The van der Waals surface area contributed by atoms with E-state index in [1.165, 1.54) is 34.9 Å². The van der Waals surface area contributed by atoms with Gasteiger partial charge in [0.1, 0.15) is 0 Å². The van der Waals surface area contributed by atoms with Crippen LogP contribution in [-0.4, -0.2) is 0 Å². The van der Waals surface area contributed by atoms with Crippen LogP contribution in [-0.2, 0) is 0 Å². The summed E-state index contributed by atoms with van der Waals surface area (Å²) in [5, 5.41) is 3.60. The molecule has 1 saturated carbocycles. The van der Waals surface area contributed by atoms with E-state index < -0.39 is 0 Å². The highest BCUT2D eigenvalue weighted by molar-refractivity contribution is 7.17. The van der Waals surface area contributed by atoms with E-state index in [0.717, 1.165) is 12.3 Å². The second-order valence-electron chi connectivity index (χ2n) is 4.81. The minimum Gasteiger partial charge on any atom is -0.324 e. The molecule has 0 bridgehead atoms. The monoisotopic (exact) mass is 231 g/mol. The molecule has 84 valence electrons. The summed E-state index contributed by atoms with van der Waals surface area (Å²) in [4.78, 5) is 0. The second kappa shape index (κ2) is 4.19. The fourth-order valence-corrected chi connectivity index (χ4v) is 3.29. The van der Waals surface area contributed by atoms with Gasteiger partial charge in [-0.1, -0.05) is 31.0 Å². The molecule has 1 unspecified atom stereocenters. The molecule has 1 heterocycles. The average molecular weight is 231 g/mol. The van der Waals surface area contributed by atoms with Crippen molar-refractivity contribution < 1.29 is 0 Å². The van der Waals surface area contributed by atoms with Crippen LogP contribution in [0.4, 0.5) is 0 Å². The molecule has 16 heavy (non-hydrogen) atoms. The summed E-state index contributed by atoms with van der Waals surface area (Å²) in [7, 11) is 0. The first-order valence-corrected chi connectivity index (χ1v) is 6.94. The zero-order chi connectivity index (χ0) is 11.0. The molecule has 1 aliphatic carbocycles. The lowest BCUT2D eigenvalue weighted by Crippen LogP contribution is -2.09. The lowest BCUT2D eigenvalue weighted by atomic mass is 10.0. The topological polar surface area (TPSA) is 26.0 Å². The largest absolute Gasteiger partial charge is 0.324 e. The molecule has 2 N–H and O–H groups in total. The highest BCUT2D eigenvalue weighted by Crippen LogP contribution is 2.37. The van der Waals surface area contributed by atoms with Crippen LogP contribution in [0.2, 0.25) is 0 Å². The third kappa shape index (κ3) is 2.00. The Hall–Kier alpha value is -0.860. The Bertz CT molecular complexity index is 484. The first-order valence-electron chi connectivity index (χ1n) is 6.06. The molecule has 1 atom stereocenters. The van der Waals surface area contributed by atoms with E-state index in [9.17, 15) is 0 Å². The molecular formula is C14H17NS. The van der Waals surface area contributed by atoms with Crippen LogP contribution in [0.25, 0.3) is 10.1 Å². The maximum atomic E-state index is 6.29. The van der Waals surface area contributed by atoms with Crippen molar-refractivity contribution in [2.45, 2.75) is 31.7 Å². The first kappa shape index (κ1) is 10.3. The smallest absolute Gasteiger partial charge is 0.0346 e. The first-order chi connectivity index (χ1) is 7.84. The van der Waals surface area contributed by atoms with Gasteiger partial charge in [-0.25, -0.2) is 0 Å². The van der Waals surface area contributed by atoms with Gasteiger partial charge in [0.05, 0.1) is 0 Å². The van der Waals surface area contributed by atoms with Gasteiger partial charge in [0, 0.05) is 10.7 Å². The van der Waals surface area contributed by atoms with Gasteiger partial charge < -0.3 is 5.73 Å². The third-order valence-electron chi connectivity index (χ3n) is 3.49. The molecule has 1 fully saturated rings. The number of nitrogens with two attached hydrogens (primary N) is 1. The lowest BCUT2D eigenvalue weighted by Gasteiger charge is -2.10. The molecule has 1 nitrogen and oxygen atoms in total. The molecule has 3 rings (SSSR count). The Morgan fingerprint density at radius 1 is 1.31 bits per heavy atom. The summed E-state index contributed by atoms with van der Waals surface area (Å²) in [5.41, 5.74) is 7.64. The quantitative estimate of drug-likeness (QED) is 0.842. The number of hydrogen-bond donors (Lipinski definition) is 1. The molecule has 1 aromatic carbocycles. The predicted octanol–water partition coefficient (Wildman–Crippen LogP) is 4.09. The zero-order valence-electron chi connectivity index (χ0n) is 9.36. The van der Waals surface area contributed by atoms with Crippen molar-refractivity contribution in [2.24, 2.45) is 11.7 Å². The number of rotatable bonds is 4. The molecule has 0 spiro atoms. The Kier molecular flexibility index (Phi) is 2.70. The molecule has 2 heteroatoms. The van der Waals surface area contributed by atoms with Crippen molar-refractivity contribution in [3.8, 4) is 0 Å². The van der Waals surface area contributed by atoms with Gasteiger partial charge >= 0.3 is 0 Å². The SMILES string of the molecule is NC(CCC1CC1)c1csc2ccccc12. The molecule has 1 aliphatic rings. The van der Waals surface area contributed by atoms with Crippen LogP contribution in [0.15, 0.2) is 29.6 Å². The third-order valence-corrected chi connectivity index (χ3v) is 4.47. The fourth-order valence-electron chi connectivity index (χ4n) is 2.26. The highest BCUT2D eigenvalue weighted by Gasteiger charge is 2.22. The van der Waals surface area contributed by atoms with Crippen LogP contribution < -0.4 is 5.73 Å². The van der Waals surface area contributed by atoms with Crippen LogP contribution >= 0.6 is 11.3 Å². The summed E-state index contributed by atoms with van der Waals surface area (Å²) in [5.74, 6) is 0.982. The molecule has 0 saturated heterocycles. The summed E-state index contributed by atoms with van der Waals surface area (Å²) in [6, 6.07) is 8.80. The normalized spacial score (nSPS) is 17.8. The van der Waals surface area contributed by atoms with Crippen molar-refractivity contribution in [1.29, 1.82) is 0 Å². The number of benzene rings is 1. The molecule has 0 aliphatic heterocycles. The van der Waals surface area contributed by atoms with Crippen LogP contribution in [0.1, 0.15) is 37.3 Å². The molecule has 0 radical (unpaired) electrons. The zero-order valence-corrected chi connectivity index (χ0v) is 10.2. The van der Waals surface area contributed by atoms with Gasteiger partial charge in [0.2, 0.25) is 0 Å². The second-order valence-corrected chi connectivity index (χ2v) is 5.73. The predicted molar refractivity (Wildman–Crippen MR) is 70.7 cm³/mol. The van der Waals surface area contributed by atoms with Crippen molar-refractivity contribution in [2.75, 3.05) is 0 Å². The standard InChI is InChI=1S/C14H17NS/c15-13(8-7-10-5-6-10)12-9-16-14-4-2-1-3-11(12)14/h1-4,9-10,13H,5-8,15H2. The van der Waals surface area contributed by atoms with Crippen LogP contribution in [0, 0.1) is 5.92 Å². The summed E-state index contributed by atoms with van der Waals surface area (Å²) < 4.78 is 1.36. The fraction of sp³-hybridized carbons (Fsp3) is 0.429. The summed E-state index contributed by atoms with van der Waals surface area (Å²) in [6.07, 6.45) is 5.31. The van der Waals surface area contributed by atoms with E-state index in [0.29, 0.717) is 0 Å². The highest BCUT2D eigenvalue weighted by atomic mass is 32.1. The van der Waals surface area contributed by atoms with Gasteiger partial charge in [-0.15, -0.1) is 11.3 Å². The minimum atomic E-state index is 0.233. The van der Waals surface area contributed by atoms with Crippen LogP contribution in [0.3, 0.4) is 0 Å². The van der Waals surface area contributed by atoms with Crippen molar-refractivity contribution in [3.63, 3.8) is 0 Å². The van der Waals surface area contributed by atoms with E-state index in [2.05, 4.69) is 29.6 Å². The van der Waals surface area contributed by atoms with Gasteiger partial charge in [0.25, 0.3) is 0 Å². The van der Waals surface area contributed by atoms with Crippen LogP contribution in [0.5, 0.6) is 0 Å². The average Bonchev–Trinajstić information content (AvgIpc) is 3.04. The van der Waals surface area contributed by atoms with E-state index in [1.54, 1.807) is 0 Å².